The molecule has 6 nitrogen and oxygen atoms in total. The molecule has 0 atom stereocenters. The maximum absolute atomic E-state index is 12.1. The Morgan fingerprint density at radius 2 is 2.14 bits per heavy atom. The number of benzene rings is 1. The molecule has 0 spiro atoms. The Balaban J connectivity index is 1.45. The second-order valence-electron chi connectivity index (χ2n) is 5.64. The van der Waals surface area contributed by atoms with Gasteiger partial charge < -0.3 is 14.6 Å². The Morgan fingerprint density at radius 1 is 1.36 bits per heavy atom. The van der Waals surface area contributed by atoms with Crippen LogP contribution in [0.5, 0.6) is 5.75 Å². The highest BCUT2D eigenvalue weighted by molar-refractivity contribution is 5.94. The summed E-state index contributed by atoms with van der Waals surface area (Å²) in [4.78, 5) is 12.1. The number of carbonyl (C=O) groups is 1. The lowest BCUT2D eigenvalue weighted by Gasteiger charge is -2.07. The van der Waals surface area contributed by atoms with Gasteiger partial charge in [0.1, 0.15) is 17.9 Å². The van der Waals surface area contributed by atoms with Gasteiger partial charge >= 0.3 is 0 Å². The molecule has 116 valence electrons. The van der Waals surface area contributed by atoms with Crippen molar-refractivity contribution in [3.63, 3.8) is 0 Å². The van der Waals surface area contributed by atoms with Crippen molar-refractivity contribution in [2.75, 3.05) is 13.2 Å². The fourth-order valence-corrected chi connectivity index (χ4v) is 2.12. The van der Waals surface area contributed by atoms with Gasteiger partial charge in [0.25, 0.3) is 5.91 Å². The van der Waals surface area contributed by atoms with Crippen LogP contribution in [0.25, 0.3) is 0 Å². The predicted molar refractivity (Wildman–Crippen MR) is 81.7 cm³/mol. The van der Waals surface area contributed by atoms with Crippen LogP contribution in [0.3, 0.4) is 0 Å². The van der Waals surface area contributed by atoms with Gasteiger partial charge in [-0.2, -0.15) is 0 Å². The quantitative estimate of drug-likeness (QED) is 0.843. The number of hydrogen-bond donors (Lipinski definition) is 1. The molecule has 22 heavy (non-hydrogen) atoms. The van der Waals surface area contributed by atoms with Gasteiger partial charge in [-0.25, -0.2) is 0 Å². The van der Waals surface area contributed by atoms with E-state index in [1.54, 1.807) is 18.5 Å². The number of rotatable bonds is 7. The number of nitrogens with one attached hydrogen (secondary N) is 1. The van der Waals surface area contributed by atoms with Crippen molar-refractivity contribution in [2.24, 2.45) is 13.0 Å². The van der Waals surface area contributed by atoms with E-state index in [0.717, 1.165) is 24.1 Å². The van der Waals surface area contributed by atoms with Crippen molar-refractivity contribution in [3.8, 4) is 5.75 Å². The fraction of sp³-hybridized carbons (Fsp3) is 0.438. The van der Waals surface area contributed by atoms with Crippen LogP contribution in [-0.4, -0.2) is 33.8 Å². The average Bonchev–Trinajstić information content (AvgIpc) is 3.28. The van der Waals surface area contributed by atoms with Crippen molar-refractivity contribution in [1.82, 2.24) is 20.1 Å². The number of amides is 1. The summed E-state index contributed by atoms with van der Waals surface area (Å²) in [6.45, 7) is 1.31. The van der Waals surface area contributed by atoms with E-state index in [1.807, 2.05) is 23.7 Å². The molecule has 3 rings (SSSR count). The molecule has 1 aliphatic rings. The topological polar surface area (TPSA) is 69.0 Å². The molecule has 1 amide bonds. The molecule has 1 saturated carbocycles. The highest BCUT2D eigenvalue weighted by Gasteiger charge is 2.21. The molecular weight excluding hydrogens is 280 g/mol. The highest BCUT2D eigenvalue weighted by atomic mass is 16.5. The van der Waals surface area contributed by atoms with E-state index in [4.69, 9.17) is 4.74 Å². The summed E-state index contributed by atoms with van der Waals surface area (Å²) >= 11 is 0. The van der Waals surface area contributed by atoms with Gasteiger partial charge in [-0.1, -0.05) is 0 Å². The normalized spacial score (nSPS) is 13.9. The Bertz CT molecular complexity index is 632. The van der Waals surface area contributed by atoms with Crippen LogP contribution in [0.4, 0.5) is 0 Å². The van der Waals surface area contributed by atoms with Gasteiger partial charge in [0, 0.05) is 25.6 Å². The van der Waals surface area contributed by atoms with Crippen LogP contribution in [0.15, 0.2) is 30.6 Å². The average molecular weight is 300 g/mol. The molecule has 1 N–H and O–H groups in total. The van der Waals surface area contributed by atoms with E-state index in [2.05, 4.69) is 15.5 Å². The van der Waals surface area contributed by atoms with Gasteiger partial charge in [0.15, 0.2) is 0 Å². The summed E-state index contributed by atoms with van der Waals surface area (Å²) < 4.78 is 7.50. The molecular formula is C16H20N4O2. The standard InChI is InChI=1S/C16H20N4O2/c1-20-11-18-19-15(20)8-9-17-16(21)13-4-6-14(7-5-13)22-10-12-2-3-12/h4-7,11-12H,2-3,8-10H2,1H3,(H,17,21). The fourth-order valence-electron chi connectivity index (χ4n) is 2.12. The van der Waals surface area contributed by atoms with Crippen LogP contribution in [0.2, 0.25) is 0 Å². The number of hydrogen-bond acceptors (Lipinski definition) is 4. The van der Waals surface area contributed by atoms with Gasteiger partial charge in [-0.15, -0.1) is 10.2 Å². The van der Waals surface area contributed by atoms with Gasteiger partial charge in [-0.3, -0.25) is 4.79 Å². The maximum atomic E-state index is 12.1. The third kappa shape index (κ3) is 3.84. The second kappa shape index (κ2) is 6.60. The summed E-state index contributed by atoms with van der Waals surface area (Å²) in [5.74, 6) is 2.31. The van der Waals surface area contributed by atoms with E-state index in [-0.39, 0.29) is 5.91 Å². The lowest BCUT2D eigenvalue weighted by molar-refractivity contribution is 0.0954. The third-order valence-electron chi connectivity index (χ3n) is 3.74. The SMILES string of the molecule is Cn1cnnc1CCNC(=O)c1ccc(OCC2CC2)cc1. The molecule has 0 aliphatic heterocycles. The summed E-state index contributed by atoms with van der Waals surface area (Å²) in [5.41, 5.74) is 0.636. The van der Waals surface area contributed by atoms with Crippen LogP contribution < -0.4 is 10.1 Å². The lowest BCUT2D eigenvalue weighted by atomic mass is 10.2. The minimum Gasteiger partial charge on any atom is -0.493 e. The second-order valence-corrected chi connectivity index (χ2v) is 5.64. The van der Waals surface area contributed by atoms with Crippen LogP contribution in [0, 0.1) is 5.92 Å². The summed E-state index contributed by atoms with van der Waals surface area (Å²) in [7, 11) is 1.89. The minimum atomic E-state index is -0.0871. The molecule has 1 heterocycles. The first-order valence-electron chi connectivity index (χ1n) is 7.56. The Labute approximate surface area is 129 Å². The summed E-state index contributed by atoms with van der Waals surface area (Å²) in [6.07, 6.45) is 4.85. The van der Waals surface area contributed by atoms with Crippen molar-refractivity contribution in [1.29, 1.82) is 0 Å². The summed E-state index contributed by atoms with van der Waals surface area (Å²) in [6, 6.07) is 7.28. The van der Waals surface area contributed by atoms with Crippen LogP contribution in [-0.2, 0) is 13.5 Å². The van der Waals surface area contributed by atoms with E-state index < -0.39 is 0 Å². The number of carbonyl (C=O) groups excluding carboxylic acids is 1. The zero-order valence-electron chi connectivity index (χ0n) is 12.7. The smallest absolute Gasteiger partial charge is 0.251 e. The minimum absolute atomic E-state index is 0.0871. The largest absolute Gasteiger partial charge is 0.493 e. The Morgan fingerprint density at radius 3 is 2.77 bits per heavy atom. The Kier molecular flexibility index (Phi) is 4.37. The molecule has 0 saturated heterocycles. The van der Waals surface area contributed by atoms with Gasteiger partial charge in [-0.05, 0) is 43.0 Å². The first-order chi connectivity index (χ1) is 10.7. The zero-order chi connectivity index (χ0) is 15.4. The molecule has 1 aromatic heterocycles. The maximum Gasteiger partial charge on any atom is 0.251 e. The van der Waals surface area contributed by atoms with E-state index in [0.29, 0.717) is 18.5 Å². The highest BCUT2D eigenvalue weighted by Crippen LogP contribution is 2.29. The molecule has 6 heteroatoms. The number of nitrogens with zero attached hydrogens (tertiary/aromatic N) is 3. The first kappa shape index (κ1) is 14.6. The molecule has 0 unspecified atom stereocenters. The number of ether oxygens (including phenoxy) is 1. The molecule has 1 aromatic carbocycles. The monoisotopic (exact) mass is 300 g/mol. The van der Waals surface area contributed by atoms with Gasteiger partial charge in [0.05, 0.1) is 6.61 Å². The third-order valence-corrected chi connectivity index (χ3v) is 3.74. The predicted octanol–water partition coefficient (Wildman–Crippen LogP) is 1.58. The molecule has 0 bridgehead atoms. The van der Waals surface area contributed by atoms with Crippen molar-refractivity contribution >= 4 is 5.91 Å². The molecule has 1 aliphatic carbocycles. The molecule has 0 radical (unpaired) electrons. The van der Waals surface area contributed by atoms with Crippen molar-refractivity contribution < 1.29 is 9.53 Å². The van der Waals surface area contributed by atoms with Crippen molar-refractivity contribution in [3.05, 3.63) is 42.0 Å². The van der Waals surface area contributed by atoms with E-state index >= 15 is 0 Å². The van der Waals surface area contributed by atoms with Crippen LogP contribution in [0.1, 0.15) is 29.0 Å². The van der Waals surface area contributed by atoms with Crippen molar-refractivity contribution in [2.45, 2.75) is 19.3 Å². The first-order valence-corrected chi connectivity index (χ1v) is 7.56. The van der Waals surface area contributed by atoms with E-state index in [1.165, 1.54) is 12.8 Å². The molecule has 1 fully saturated rings. The molecule has 2 aromatic rings. The zero-order valence-corrected chi connectivity index (χ0v) is 12.7. The number of aryl methyl sites for hydroxylation is 1. The van der Waals surface area contributed by atoms with Crippen LogP contribution >= 0.6 is 0 Å². The summed E-state index contributed by atoms with van der Waals surface area (Å²) in [5, 5.41) is 10.7. The number of aromatic nitrogens is 3. The Hall–Kier alpha value is -2.37. The lowest BCUT2D eigenvalue weighted by Crippen LogP contribution is -2.26. The van der Waals surface area contributed by atoms with E-state index in [9.17, 15) is 4.79 Å². The van der Waals surface area contributed by atoms with Gasteiger partial charge in [0.2, 0.25) is 0 Å².